The first-order valence-electron chi connectivity index (χ1n) is 10.8. The van der Waals surface area contributed by atoms with E-state index in [4.69, 9.17) is 14.8 Å². The zero-order valence-electron chi connectivity index (χ0n) is 19.0. The lowest BCUT2D eigenvalue weighted by molar-refractivity contribution is -0.169. The van der Waals surface area contributed by atoms with Gasteiger partial charge in [0, 0.05) is 30.8 Å². The van der Waals surface area contributed by atoms with Crippen LogP contribution < -0.4 is 5.32 Å². The molecule has 2 aliphatic rings. The monoisotopic (exact) mass is 492 g/mol. The van der Waals surface area contributed by atoms with E-state index in [1.807, 2.05) is 6.92 Å². The van der Waals surface area contributed by atoms with Crippen molar-refractivity contribution in [3.05, 3.63) is 46.5 Å². The number of rotatable bonds is 5. The smallest absolute Gasteiger partial charge is 0.322 e. The van der Waals surface area contributed by atoms with Crippen LogP contribution in [0, 0.1) is 17.1 Å². The van der Waals surface area contributed by atoms with E-state index in [0.717, 1.165) is 11.1 Å². The first-order valence-corrected chi connectivity index (χ1v) is 10.8. The highest BCUT2D eigenvalue weighted by molar-refractivity contribution is 5.94. The number of halogens is 3. The number of nitrogens with zero attached hydrogens (tertiary/aromatic N) is 5. The van der Waals surface area contributed by atoms with Gasteiger partial charge in [-0.1, -0.05) is 0 Å². The summed E-state index contributed by atoms with van der Waals surface area (Å²) in [5, 5.41) is 17.2. The first kappa shape index (κ1) is 24.5. The normalized spacial score (nSPS) is 19.7. The van der Waals surface area contributed by atoms with Crippen molar-refractivity contribution in [2.45, 2.75) is 45.0 Å². The number of amides is 3. The van der Waals surface area contributed by atoms with E-state index in [0.29, 0.717) is 17.7 Å². The lowest BCUT2D eigenvalue weighted by Crippen LogP contribution is -2.45. The standard InChI is InChI=1S/C22H23F3N6O4/c1-12-5-18-16(9-30(12)22(33)27-14-3-4-17(23)13(6-14)7-26)20-21(32)29(2)35-15(8-31(20)28-18)10-34-11-19(24)25/h3-4,6,12,15,19H,5,8-11H2,1-2H3,(H,27,33)/t12-,15+/m1/s1. The van der Waals surface area contributed by atoms with Gasteiger partial charge in [-0.05, 0) is 25.1 Å². The van der Waals surface area contributed by atoms with Crippen molar-refractivity contribution in [1.29, 1.82) is 5.26 Å². The maximum absolute atomic E-state index is 13.6. The molecule has 10 nitrogen and oxygen atoms in total. The quantitative estimate of drug-likeness (QED) is 0.687. The van der Waals surface area contributed by atoms with Crippen molar-refractivity contribution in [2.75, 3.05) is 25.6 Å². The number of alkyl halides is 2. The Kier molecular flexibility index (Phi) is 6.95. The van der Waals surface area contributed by atoms with Gasteiger partial charge in [-0.3, -0.25) is 14.3 Å². The Balaban J connectivity index is 1.55. The van der Waals surface area contributed by atoms with Crippen LogP contribution in [-0.2, 0) is 29.1 Å². The number of hydroxylamine groups is 2. The summed E-state index contributed by atoms with van der Waals surface area (Å²) in [7, 11) is 1.41. The number of nitriles is 1. The fraction of sp³-hybridized carbons (Fsp3) is 0.455. The van der Waals surface area contributed by atoms with Crippen LogP contribution in [0.15, 0.2) is 18.2 Å². The van der Waals surface area contributed by atoms with E-state index in [1.165, 1.54) is 28.8 Å². The number of carbonyl (C=O) groups excluding carboxylic acids is 2. The van der Waals surface area contributed by atoms with Gasteiger partial charge in [-0.15, -0.1) is 0 Å². The van der Waals surface area contributed by atoms with Crippen molar-refractivity contribution in [3.8, 4) is 6.07 Å². The summed E-state index contributed by atoms with van der Waals surface area (Å²) in [5.41, 5.74) is 1.53. The lowest BCUT2D eigenvalue weighted by Gasteiger charge is -2.33. The third-order valence-corrected chi connectivity index (χ3v) is 5.80. The van der Waals surface area contributed by atoms with Gasteiger partial charge in [0.1, 0.15) is 30.3 Å². The van der Waals surface area contributed by atoms with Gasteiger partial charge >= 0.3 is 6.03 Å². The molecule has 2 aliphatic heterocycles. The Labute approximate surface area is 198 Å². The number of benzene rings is 1. The van der Waals surface area contributed by atoms with E-state index in [9.17, 15) is 22.8 Å². The highest BCUT2D eigenvalue weighted by Gasteiger charge is 2.37. The van der Waals surface area contributed by atoms with E-state index in [1.54, 1.807) is 6.07 Å². The molecule has 1 N–H and O–H groups in total. The predicted molar refractivity (Wildman–Crippen MR) is 115 cm³/mol. The minimum Gasteiger partial charge on any atom is -0.373 e. The van der Waals surface area contributed by atoms with Crippen LogP contribution in [0.1, 0.15) is 34.2 Å². The summed E-state index contributed by atoms with van der Waals surface area (Å²) < 4.78 is 44.9. The average Bonchev–Trinajstić information content (AvgIpc) is 3.09. The lowest BCUT2D eigenvalue weighted by atomic mass is 9.99. The van der Waals surface area contributed by atoms with Crippen molar-refractivity contribution in [3.63, 3.8) is 0 Å². The maximum atomic E-state index is 13.6. The average molecular weight is 492 g/mol. The second-order valence-corrected chi connectivity index (χ2v) is 8.33. The van der Waals surface area contributed by atoms with Gasteiger partial charge < -0.3 is 15.0 Å². The topological polar surface area (TPSA) is 113 Å². The Morgan fingerprint density at radius 2 is 2.20 bits per heavy atom. The van der Waals surface area contributed by atoms with E-state index in [-0.39, 0.29) is 42.7 Å². The predicted octanol–water partition coefficient (Wildman–Crippen LogP) is 2.54. The Morgan fingerprint density at radius 3 is 2.91 bits per heavy atom. The van der Waals surface area contributed by atoms with Gasteiger partial charge in [0.25, 0.3) is 12.3 Å². The molecule has 0 saturated carbocycles. The van der Waals surface area contributed by atoms with Gasteiger partial charge in [0.2, 0.25) is 0 Å². The number of urea groups is 1. The summed E-state index contributed by atoms with van der Waals surface area (Å²) in [4.78, 5) is 33.1. The minimum absolute atomic E-state index is 0.0795. The molecular weight excluding hydrogens is 469 g/mol. The largest absolute Gasteiger partial charge is 0.373 e. The number of aromatic nitrogens is 2. The van der Waals surface area contributed by atoms with Crippen LogP contribution in [-0.4, -0.2) is 70.5 Å². The van der Waals surface area contributed by atoms with Crippen molar-refractivity contribution in [1.82, 2.24) is 19.7 Å². The Hall–Kier alpha value is -3.63. The van der Waals surface area contributed by atoms with Crippen molar-refractivity contribution in [2.24, 2.45) is 0 Å². The molecule has 2 atom stereocenters. The van der Waals surface area contributed by atoms with E-state index in [2.05, 4.69) is 10.4 Å². The highest BCUT2D eigenvalue weighted by atomic mass is 19.3. The molecular formula is C22H23F3N6O4. The van der Waals surface area contributed by atoms with E-state index < -0.39 is 36.9 Å². The van der Waals surface area contributed by atoms with E-state index >= 15 is 0 Å². The SMILES string of the molecule is C[C@@H]1Cc2nn3c(c2CN1C(=O)Nc1ccc(F)c(C#N)c1)C(=O)N(C)O[C@H](COCC(F)F)C3. The molecule has 0 unspecified atom stereocenters. The highest BCUT2D eigenvalue weighted by Crippen LogP contribution is 2.29. The summed E-state index contributed by atoms with van der Waals surface area (Å²) in [6.45, 7) is 1.12. The molecule has 0 fully saturated rings. The van der Waals surface area contributed by atoms with Crippen LogP contribution >= 0.6 is 0 Å². The van der Waals surface area contributed by atoms with Crippen LogP contribution in [0.2, 0.25) is 0 Å². The molecule has 0 spiro atoms. The van der Waals surface area contributed by atoms with Gasteiger partial charge in [-0.25, -0.2) is 23.0 Å². The molecule has 35 heavy (non-hydrogen) atoms. The number of nitrogens with one attached hydrogen (secondary N) is 1. The third-order valence-electron chi connectivity index (χ3n) is 5.80. The van der Waals surface area contributed by atoms with Crippen LogP contribution in [0.5, 0.6) is 0 Å². The number of hydrogen-bond donors (Lipinski definition) is 1. The molecule has 13 heteroatoms. The number of anilines is 1. The number of fused-ring (bicyclic) bond motifs is 3. The second kappa shape index (κ2) is 9.93. The fourth-order valence-corrected chi connectivity index (χ4v) is 4.14. The second-order valence-electron chi connectivity index (χ2n) is 8.33. The minimum atomic E-state index is -2.62. The molecule has 4 rings (SSSR count). The van der Waals surface area contributed by atoms with Gasteiger partial charge in [0.15, 0.2) is 0 Å². The summed E-state index contributed by atoms with van der Waals surface area (Å²) >= 11 is 0. The maximum Gasteiger partial charge on any atom is 0.322 e. The molecule has 0 bridgehead atoms. The summed E-state index contributed by atoms with van der Waals surface area (Å²) in [5.74, 6) is -1.17. The summed E-state index contributed by atoms with van der Waals surface area (Å²) in [6.07, 6.45) is -2.96. The summed E-state index contributed by atoms with van der Waals surface area (Å²) in [6, 6.07) is 4.66. The van der Waals surface area contributed by atoms with Gasteiger partial charge in [-0.2, -0.15) is 10.4 Å². The Morgan fingerprint density at radius 1 is 1.43 bits per heavy atom. The third kappa shape index (κ3) is 5.08. The molecule has 3 amide bonds. The molecule has 186 valence electrons. The van der Waals surface area contributed by atoms with Crippen LogP contribution in [0.3, 0.4) is 0 Å². The van der Waals surface area contributed by atoms with Gasteiger partial charge in [0.05, 0.1) is 31.0 Å². The molecule has 0 aliphatic carbocycles. The zero-order valence-corrected chi connectivity index (χ0v) is 19.0. The van der Waals surface area contributed by atoms with Crippen molar-refractivity contribution < 1.29 is 32.3 Å². The van der Waals surface area contributed by atoms with Crippen molar-refractivity contribution >= 4 is 17.6 Å². The number of ether oxygens (including phenoxy) is 1. The van der Waals surface area contributed by atoms with Crippen LogP contribution in [0.4, 0.5) is 23.7 Å². The molecule has 1 aromatic heterocycles. The molecule has 0 saturated heterocycles. The Bertz CT molecular complexity index is 1180. The van der Waals surface area contributed by atoms with Crippen LogP contribution in [0.25, 0.3) is 0 Å². The first-order chi connectivity index (χ1) is 16.7. The fourth-order valence-electron chi connectivity index (χ4n) is 4.14. The molecule has 2 aromatic rings. The zero-order chi connectivity index (χ0) is 25.3. The number of carbonyl (C=O) groups is 2. The number of hydrogen-bond acceptors (Lipinski definition) is 6. The molecule has 0 radical (unpaired) electrons. The molecule has 3 heterocycles. The molecule has 1 aromatic carbocycles.